The van der Waals surface area contributed by atoms with Crippen molar-refractivity contribution in [2.45, 2.75) is 57.9 Å². The van der Waals surface area contributed by atoms with Crippen LogP contribution in [0.2, 0.25) is 0 Å². The van der Waals surface area contributed by atoms with E-state index < -0.39 is 0 Å². The van der Waals surface area contributed by atoms with Crippen LogP contribution in [0.3, 0.4) is 0 Å². The van der Waals surface area contributed by atoms with E-state index >= 15 is 0 Å². The summed E-state index contributed by atoms with van der Waals surface area (Å²) < 4.78 is 0. The van der Waals surface area contributed by atoms with Gasteiger partial charge in [-0.25, -0.2) is 0 Å². The van der Waals surface area contributed by atoms with Crippen molar-refractivity contribution in [1.82, 2.24) is 10.6 Å². The third-order valence-corrected chi connectivity index (χ3v) is 4.72. The Hall–Kier alpha value is -1.06. The monoisotopic (exact) mass is 338 g/mol. The molecule has 1 aliphatic rings. The molecule has 0 saturated carbocycles. The normalized spacial score (nSPS) is 19.0. The predicted octanol–water partition coefficient (Wildman–Crippen LogP) is 3.67. The molecule has 1 aromatic rings. The van der Waals surface area contributed by atoms with Gasteiger partial charge in [-0.05, 0) is 56.2 Å². The molecule has 1 aromatic carbocycles. The Morgan fingerprint density at radius 1 is 1.35 bits per heavy atom. The van der Waals surface area contributed by atoms with Gasteiger partial charge < -0.3 is 10.6 Å². The van der Waals surface area contributed by atoms with Crippen molar-refractivity contribution < 1.29 is 4.79 Å². The second-order valence-corrected chi connectivity index (χ2v) is 7.32. The Morgan fingerprint density at radius 3 is 2.65 bits per heavy atom. The molecule has 0 radical (unpaired) electrons. The van der Waals surface area contributed by atoms with Crippen LogP contribution in [-0.2, 0) is 10.2 Å². The van der Waals surface area contributed by atoms with Gasteiger partial charge in [-0.2, -0.15) is 0 Å². The van der Waals surface area contributed by atoms with Crippen molar-refractivity contribution in [1.29, 1.82) is 0 Å². The maximum absolute atomic E-state index is 12.1. The highest BCUT2D eigenvalue weighted by Crippen LogP contribution is 2.28. The first kappa shape index (κ1) is 20.0. The Labute approximate surface area is 147 Å². The molecule has 1 saturated heterocycles. The maximum atomic E-state index is 12.1. The summed E-state index contributed by atoms with van der Waals surface area (Å²) in [4.78, 5) is 12.1. The van der Waals surface area contributed by atoms with Crippen LogP contribution in [0.15, 0.2) is 30.3 Å². The molecular weight excluding hydrogens is 308 g/mol. The van der Waals surface area contributed by atoms with Gasteiger partial charge in [-0.3, -0.25) is 4.79 Å². The van der Waals surface area contributed by atoms with Crippen LogP contribution < -0.4 is 10.6 Å². The second-order valence-electron chi connectivity index (χ2n) is 7.32. The lowest BCUT2D eigenvalue weighted by atomic mass is 9.79. The fourth-order valence-electron chi connectivity index (χ4n) is 3.47. The molecule has 1 amide bonds. The van der Waals surface area contributed by atoms with Crippen LogP contribution in [0.5, 0.6) is 0 Å². The van der Waals surface area contributed by atoms with Gasteiger partial charge in [0.05, 0.1) is 0 Å². The van der Waals surface area contributed by atoms with E-state index in [-0.39, 0.29) is 29.8 Å². The molecule has 0 aliphatic carbocycles. The number of benzene rings is 1. The molecule has 2 atom stereocenters. The van der Waals surface area contributed by atoms with E-state index in [4.69, 9.17) is 0 Å². The van der Waals surface area contributed by atoms with Gasteiger partial charge in [0.25, 0.3) is 0 Å². The van der Waals surface area contributed by atoms with E-state index in [0.717, 1.165) is 25.9 Å². The number of halogens is 1. The molecule has 0 bridgehead atoms. The Kier molecular flexibility index (Phi) is 8.07. The highest BCUT2D eigenvalue weighted by molar-refractivity contribution is 5.85. The fourth-order valence-corrected chi connectivity index (χ4v) is 3.47. The fraction of sp³-hybridized carbons (Fsp3) is 0.632. The molecule has 0 spiro atoms. The number of amides is 1. The lowest BCUT2D eigenvalue weighted by Gasteiger charge is -2.29. The number of hydrogen-bond acceptors (Lipinski definition) is 2. The van der Waals surface area contributed by atoms with Gasteiger partial charge in [-0.1, -0.05) is 44.2 Å². The van der Waals surface area contributed by atoms with Gasteiger partial charge in [0.1, 0.15) is 0 Å². The summed E-state index contributed by atoms with van der Waals surface area (Å²) in [6.07, 6.45) is 3.83. The van der Waals surface area contributed by atoms with E-state index in [0.29, 0.717) is 12.3 Å². The van der Waals surface area contributed by atoms with E-state index in [1.54, 1.807) is 0 Å². The first-order chi connectivity index (χ1) is 10.5. The molecular formula is C19H31ClN2O. The first-order valence-electron chi connectivity index (χ1n) is 8.53. The minimum Gasteiger partial charge on any atom is -0.354 e. The molecule has 23 heavy (non-hydrogen) atoms. The maximum Gasteiger partial charge on any atom is 0.220 e. The molecule has 1 heterocycles. The number of nitrogens with one attached hydrogen (secondary N) is 2. The molecule has 0 aromatic heterocycles. The van der Waals surface area contributed by atoms with Crippen molar-refractivity contribution in [3.8, 4) is 0 Å². The Balaban J connectivity index is 0.00000264. The summed E-state index contributed by atoms with van der Waals surface area (Å²) >= 11 is 0. The molecule has 2 unspecified atom stereocenters. The average molecular weight is 339 g/mol. The van der Waals surface area contributed by atoms with Gasteiger partial charge in [0, 0.05) is 12.5 Å². The highest BCUT2D eigenvalue weighted by atomic mass is 35.5. The van der Waals surface area contributed by atoms with Crippen LogP contribution in [0.25, 0.3) is 0 Å². The number of carbonyl (C=O) groups excluding carboxylic acids is 1. The van der Waals surface area contributed by atoms with E-state index in [2.05, 4.69) is 55.7 Å². The Bertz CT molecular complexity index is 470. The zero-order chi connectivity index (χ0) is 16.0. The second kappa shape index (κ2) is 9.29. The van der Waals surface area contributed by atoms with E-state index in [1.165, 1.54) is 12.0 Å². The highest BCUT2D eigenvalue weighted by Gasteiger charge is 2.24. The number of carbonyl (C=O) groups is 1. The third-order valence-electron chi connectivity index (χ3n) is 4.72. The molecule has 1 aliphatic heterocycles. The van der Waals surface area contributed by atoms with Crippen molar-refractivity contribution in [3.05, 3.63) is 35.9 Å². The first-order valence-corrected chi connectivity index (χ1v) is 8.53. The Morgan fingerprint density at radius 2 is 2.04 bits per heavy atom. The van der Waals surface area contributed by atoms with Crippen LogP contribution in [-0.4, -0.2) is 25.0 Å². The van der Waals surface area contributed by atoms with Crippen molar-refractivity contribution in [2.75, 3.05) is 13.1 Å². The van der Waals surface area contributed by atoms with Crippen LogP contribution in [0.4, 0.5) is 0 Å². The summed E-state index contributed by atoms with van der Waals surface area (Å²) in [7, 11) is 0. The topological polar surface area (TPSA) is 41.1 Å². The van der Waals surface area contributed by atoms with E-state index in [9.17, 15) is 4.79 Å². The summed E-state index contributed by atoms with van der Waals surface area (Å²) in [5.41, 5.74) is 1.40. The zero-order valence-corrected chi connectivity index (χ0v) is 15.4. The van der Waals surface area contributed by atoms with Crippen molar-refractivity contribution in [3.63, 3.8) is 0 Å². The SMILES string of the molecule is CC(CC(C)(C)c1ccccc1)NC(=O)CCC1CCNC1.Cl. The zero-order valence-electron chi connectivity index (χ0n) is 14.6. The summed E-state index contributed by atoms with van der Waals surface area (Å²) in [6.45, 7) is 8.78. The molecule has 4 heteroatoms. The summed E-state index contributed by atoms with van der Waals surface area (Å²) in [5, 5.41) is 6.52. The van der Waals surface area contributed by atoms with E-state index in [1.807, 2.05) is 6.07 Å². The standard InChI is InChI=1S/C19H30N2O.ClH/c1-15(13-19(2,3)17-7-5-4-6-8-17)21-18(22)10-9-16-11-12-20-14-16;/h4-8,15-16,20H,9-14H2,1-3H3,(H,21,22);1H. The molecule has 3 nitrogen and oxygen atoms in total. The van der Waals surface area contributed by atoms with Gasteiger partial charge in [0.15, 0.2) is 0 Å². The van der Waals surface area contributed by atoms with Crippen molar-refractivity contribution >= 4 is 18.3 Å². The molecule has 130 valence electrons. The number of rotatable bonds is 7. The minimum atomic E-state index is 0. The third kappa shape index (κ3) is 6.52. The predicted molar refractivity (Wildman–Crippen MR) is 99.1 cm³/mol. The molecule has 2 N–H and O–H groups in total. The summed E-state index contributed by atoms with van der Waals surface area (Å²) in [5.74, 6) is 0.880. The lowest BCUT2D eigenvalue weighted by molar-refractivity contribution is -0.122. The minimum absolute atomic E-state index is 0. The van der Waals surface area contributed by atoms with Crippen LogP contribution in [0, 0.1) is 5.92 Å². The van der Waals surface area contributed by atoms with Gasteiger partial charge in [0.2, 0.25) is 5.91 Å². The quantitative estimate of drug-likeness (QED) is 0.796. The van der Waals surface area contributed by atoms with Gasteiger partial charge >= 0.3 is 0 Å². The van der Waals surface area contributed by atoms with Crippen LogP contribution >= 0.6 is 12.4 Å². The molecule has 1 fully saturated rings. The number of hydrogen-bond donors (Lipinski definition) is 2. The largest absolute Gasteiger partial charge is 0.354 e. The molecule has 2 rings (SSSR count). The lowest BCUT2D eigenvalue weighted by Crippen LogP contribution is -2.37. The van der Waals surface area contributed by atoms with Gasteiger partial charge in [-0.15, -0.1) is 12.4 Å². The smallest absolute Gasteiger partial charge is 0.220 e. The van der Waals surface area contributed by atoms with Crippen molar-refractivity contribution in [2.24, 2.45) is 5.92 Å². The average Bonchev–Trinajstić information content (AvgIpc) is 2.98. The van der Waals surface area contributed by atoms with Crippen LogP contribution in [0.1, 0.15) is 52.0 Å². The summed E-state index contributed by atoms with van der Waals surface area (Å²) in [6, 6.07) is 10.7.